The Morgan fingerprint density at radius 3 is 2.63 bits per heavy atom. The Hall–Kier alpha value is -2.95. The Kier molecular flexibility index (Phi) is 6.16. The van der Waals surface area contributed by atoms with Crippen LogP contribution in [0.1, 0.15) is 16.7 Å². The number of benzene rings is 2. The van der Waals surface area contributed by atoms with E-state index < -0.39 is 34.7 Å². The molecular formula is C16H11BrF3N3O4. The fourth-order valence-corrected chi connectivity index (χ4v) is 2.45. The fourth-order valence-electron chi connectivity index (χ4n) is 2.07. The smallest absolute Gasteiger partial charge is 0.416 e. The van der Waals surface area contributed by atoms with E-state index in [1.165, 1.54) is 12.1 Å². The number of nitro benzene ring substituents is 1. The molecule has 0 heterocycles. The molecule has 1 amide bonds. The molecule has 0 fully saturated rings. The number of aromatic hydroxyl groups is 1. The highest BCUT2D eigenvalue weighted by Crippen LogP contribution is 2.33. The number of nitrogens with one attached hydrogen (secondary N) is 1. The van der Waals surface area contributed by atoms with Crippen molar-refractivity contribution in [2.24, 2.45) is 5.10 Å². The van der Waals surface area contributed by atoms with Crippen molar-refractivity contribution in [2.75, 3.05) is 0 Å². The van der Waals surface area contributed by atoms with Gasteiger partial charge >= 0.3 is 6.18 Å². The van der Waals surface area contributed by atoms with Crippen molar-refractivity contribution in [1.82, 2.24) is 5.43 Å². The molecule has 2 N–H and O–H groups in total. The van der Waals surface area contributed by atoms with Gasteiger partial charge in [-0.3, -0.25) is 14.9 Å². The largest absolute Gasteiger partial charge is 0.507 e. The number of phenols is 1. The zero-order chi connectivity index (χ0) is 20.2. The van der Waals surface area contributed by atoms with Crippen LogP contribution >= 0.6 is 15.9 Å². The monoisotopic (exact) mass is 445 g/mol. The third kappa shape index (κ3) is 5.51. The van der Waals surface area contributed by atoms with Gasteiger partial charge in [0.2, 0.25) is 5.91 Å². The van der Waals surface area contributed by atoms with E-state index in [0.29, 0.717) is 22.2 Å². The van der Waals surface area contributed by atoms with E-state index in [1.54, 1.807) is 6.07 Å². The standard InChI is InChI=1S/C16H11BrF3N3O4/c17-12-3-4-14(24)10(5-12)8-21-22-15(25)6-9-1-2-11(16(18,19)20)7-13(9)23(26)27/h1-5,7-8,24H,6H2,(H,22,25)/b21-8+. The summed E-state index contributed by atoms with van der Waals surface area (Å²) in [5, 5.41) is 24.2. The van der Waals surface area contributed by atoms with Gasteiger partial charge in [0.25, 0.3) is 5.69 Å². The zero-order valence-electron chi connectivity index (χ0n) is 13.3. The van der Waals surface area contributed by atoms with E-state index in [2.05, 4.69) is 26.5 Å². The van der Waals surface area contributed by atoms with Crippen LogP contribution in [-0.4, -0.2) is 22.2 Å². The van der Waals surface area contributed by atoms with Crippen LogP contribution in [0, 0.1) is 10.1 Å². The number of hydrogen-bond acceptors (Lipinski definition) is 5. The summed E-state index contributed by atoms with van der Waals surface area (Å²) < 4.78 is 38.7. The Morgan fingerprint density at radius 1 is 1.30 bits per heavy atom. The Labute approximate surface area is 158 Å². The summed E-state index contributed by atoms with van der Waals surface area (Å²) in [6.45, 7) is 0. The lowest BCUT2D eigenvalue weighted by Crippen LogP contribution is -2.20. The van der Waals surface area contributed by atoms with Gasteiger partial charge < -0.3 is 5.11 Å². The van der Waals surface area contributed by atoms with E-state index in [-0.39, 0.29) is 11.3 Å². The van der Waals surface area contributed by atoms with Crippen molar-refractivity contribution >= 4 is 33.7 Å². The van der Waals surface area contributed by atoms with Crippen LogP contribution < -0.4 is 5.43 Å². The number of amides is 1. The zero-order valence-corrected chi connectivity index (χ0v) is 14.9. The minimum atomic E-state index is -4.73. The molecule has 0 radical (unpaired) electrons. The molecule has 0 spiro atoms. The molecule has 7 nitrogen and oxygen atoms in total. The lowest BCUT2D eigenvalue weighted by Gasteiger charge is -2.08. The van der Waals surface area contributed by atoms with Crippen LogP contribution in [0.2, 0.25) is 0 Å². The van der Waals surface area contributed by atoms with Crippen LogP contribution in [0.3, 0.4) is 0 Å². The molecule has 11 heteroatoms. The average Bonchev–Trinajstić information content (AvgIpc) is 2.57. The molecule has 0 saturated heterocycles. The molecule has 0 atom stereocenters. The average molecular weight is 446 g/mol. The van der Waals surface area contributed by atoms with Crippen molar-refractivity contribution in [3.8, 4) is 5.75 Å². The van der Waals surface area contributed by atoms with Crippen molar-refractivity contribution < 1.29 is 28.0 Å². The second-order valence-corrected chi connectivity index (χ2v) is 6.19. The number of phenolic OH excluding ortho intramolecular Hbond substituents is 1. The summed E-state index contributed by atoms with van der Waals surface area (Å²) in [6.07, 6.45) is -4.13. The van der Waals surface area contributed by atoms with E-state index in [4.69, 9.17) is 0 Å². The first kappa shape index (κ1) is 20.4. The van der Waals surface area contributed by atoms with Crippen molar-refractivity contribution in [1.29, 1.82) is 0 Å². The van der Waals surface area contributed by atoms with E-state index in [0.717, 1.165) is 12.3 Å². The maximum absolute atomic E-state index is 12.7. The van der Waals surface area contributed by atoms with Crippen LogP contribution in [0.5, 0.6) is 5.75 Å². The molecule has 0 aromatic heterocycles. The summed E-state index contributed by atoms with van der Waals surface area (Å²) in [6, 6.07) is 6.45. The molecule has 0 unspecified atom stereocenters. The van der Waals surface area contributed by atoms with Gasteiger partial charge in [-0.1, -0.05) is 22.0 Å². The lowest BCUT2D eigenvalue weighted by atomic mass is 10.1. The highest BCUT2D eigenvalue weighted by molar-refractivity contribution is 9.10. The number of nitro groups is 1. The van der Waals surface area contributed by atoms with Crippen LogP contribution in [0.4, 0.5) is 18.9 Å². The minimum absolute atomic E-state index is 0.0884. The van der Waals surface area contributed by atoms with Gasteiger partial charge in [0, 0.05) is 21.7 Å². The highest BCUT2D eigenvalue weighted by Gasteiger charge is 2.33. The number of alkyl halides is 3. The first-order chi connectivity index (χ1) is 12.6. The summed E-state index contributed by atoms with van der Waals surface area (Å²) >= 11 is 3.20. The predicted octanol–water partition coefficient (Wildman–Crippen LogP) is 3.77. The molecule has 0 aliphatic carbocycles. The molecule has 0 bridgehead atoms. The third-order valence-corrected chi connectivity index (χ3v) is 3.84. The number of carbonyl (C=O) groups is 1. The SMILES string of the molecule is O=C(Cc1ccc(C(F)(F)F)cc1[N+](=O)[O-])N/N=C/c1cc(Br)ccc1O. The lowest BCUT2D eigenvalue weighted by molar-refractivity contribution is -0.385. The molecule has 2 rings (SSSR count). The maximum Gasteiger partial charge on any atom is 0.416 e. The molecule has 2 aromatic carbocycles. The number of hydrazone groups is 1. The molecule has 0 aliphatic rings. The Balaban J connectivity index is 2.12. The minimum Gasteiger partial charge on any atom is -0.507 e. The molecular weight excluding hydrogens is 435 g/mol. The second-order valence-electron chi connectivity index (χ2n) is 5.27. The van der Waals surface area contributed by atoms with Crippen molar-refractivity contribution in [2.45, 2.75) is 12.6 Å². The van der Waals surface area contributed by atoms with Gasteiger partial charge in [-0.2, -0.15) is 18.3 Å². The number of rotatable bonds is 5. The quantitative estimate of drug-likeness (QED) is 0.415. The molecule has 2 aromatic rings. The predicted molar refractivity (Wildman–Crippen MR) is 93.3 cm³/mol. The molecule has 0 saturated carbocycles. The van der Waals surface area contributed by atoms with E-state index >= 15 is 0 Å². The molecule has 0 aliphatic heterocycles. The van der Waals surface area contributed by atoms with Crippen molar-refractivity contribution in [3.05, 3.63) is 67.7 Å². The third-order valence-electron chi connectivity index (χ3n) is 3.34. The van der Waals surface area contributed by atoms with Gasteiger partial charge in [-0.25, -0.2) is 5.43 Å². The Bertz CT molecular complexity index is 916. The summed E-state index contributed by atoms with van der Waals surface area (Å²) in [7, 11) is 0. The number of nitrogens with zero attached hydrogens (tertiary/aromatic N) is 2. The van der Waals surface area contributed by atoms with Gasteiger partial charge in [0.1, 0.15) is 5.75 Å². The first-order valence-corrected chi connectivity index (χ1v) is 8.02. The molecule has 27 heavy (non-hydrogen) atoms. The highest BCUT2D eigenvalue weighted by atomic mass is 79.9. The number of carbonyl (C=O) groups excluding carboxylic acids is 1. The van der Waals surface area contributed by atoms with Gasteiger partial charge in [-0.15, -0.1) is 0 Å². The van der Waals surface area contributed by atoms with Crippen LogP contribution in [-0.2, 0) is 17.4 Å². The molecule has 142 valence electrons. The normalized spacial score (nSPS) is 11.6. The van der Waals surface area contributed by atoms with Crippen LogP contribution in [0.15, 0.2) is 46.0 Å². The van der Waals surface area contributed by atoms with E-state index in [1.807, 2.05) is 0 Å². The van der Waals surface area contributed by atoms with Gasteiger partial charge in [0.15, 0.2) is 0 Å². The number of halogens is 4. The summed E-state index contributed by atoms with van der Waals surface area (Å²) in [4.78, 5) is 21.9. The summed E-state index contributed by atoms with van der Waals surface area (Å²) in [5.74, 6) is -0.863. The number of hydrogen-bond donors (Lipinski definition) is 2. The fraction of sp³-hybridized carbons (Fsp3) is 0.125. The van der Waals surface area contributed by atoms with E-state index in [9.17, 15) is 33.2 Å². The van der Waals surface area contributed by atoms with Crippen LogP contribution in [0.25, 0.3) is 0 Å². The van der Waals surface area contributed by atoms with Crippen molar-refractivity contribution in [3.63, 3.8) is 0 Å². The topological polar surface area (TPSA) is 105 Å². The van der Waals surface area contributed by atoms with Gasteiger partial charge in [0.05, 0.1) is 23.1 Å². The Morgan fingerprint density at radius 2 is 2.00 bits per heavy atom. The summed E-state index contributed by atoms with van der Waals surface area (Å²) in [5.41, 5.74) is 0.214. The van der Waals surface area contributed by atoms with Gasteiger partial charge in [-0.05, 0) is 24.3 Å². The maximum atomic E-state index is 12.7. The second kappa shape index (κ2) is 8.16. The first-order valence-electron chi connectivity index (χ1n) is 7.23.